The zero-order valence-electron chi connectivity index (χ0n) is 11.5. The molecule has 2 aromatic rings. The molecule has 1 atom stereocenters. The Kier molecular flexibility index (Phi) is 4.38. The Morgan fingerprint density at radius 2 is 2.20 bits per heavy atom. The van der Waals surface area contributed by atoms with Gasteiger partial charge in [-0.05, 0) is 6.92 Å². The number of carboxylic acid groups (broad SMARTS) is 1. The normalized spacial score (nSPS) is 12.6. The summed E-state index contributed by atoms with van der Waals surface area (Å²) in [5.74, 6) is 0.645. The van der Waals surface area contributed by atoms with E-state index in [1.807, 2.05) is 30.0 Å². The fraction of sp³-hybridized carbons (Fsp3) is 0.545. The van der Waals surface area contributed by atoms with Crippen LogP contribution in [0.15, 0.2) is 11.5 Å². The number of rotatable bonds is 6. The van der Waals surface area contributed by atoms with Gasteiger partial charge in [0, 0.05) is 13.5 Å². The molecule has 1 N–H and O–H groups in total. The summed E-state index contributed by atoms with van der Waals surface area (Å²) in [5, 5.41) is 25.5. The number of carbonyl (C=O) groups is 1. The van der Waals surface area contributed by atoms with Crippen molar-refractivity contribution in [3.63, 3.8) is 0 Å². The molecule has 0 fully saturated rings. The molecule has 20 heavy (non-hydrogen) atoms. The number of hydrogen-bond donors (Lipinski definition) is 1. The molecular weight excluding hydrogens is 280 g/mol. The lowest BCUT2D eigenvalue weighted by atomic mass is 10.3. The van der Waals surface area contributed by atoms with Gasteiger partial charge in [-0.3, -0.25) is 9.36 Å². The molecule has 8 nitrogen and oxygen atoms in total. The summed E-state index contributed by atoms with van der Waals surface area (Å²) in [5.41, 5.74) is 0. The second-order valence-electron chi connectivity index (χ2n) is 4.28. The van der Waals surface area contributed by atoms with E-state index >= 15 is 0 Å². The number of thioether (sulfide) groups is 1. The van der Waals surface area contributed by atoms with Crippen molar-refractivity contribution in [3.8, 4) is 0 Å². The van der Waals surface area contributed by atoms with Gasteiger partial charge in [-0.1, -0.05) is 18.7 Å². The molecule has 0 aliphatic rings. The fourth-order valence-corrected chi connectivity index (χ4v) is 2.70. The van der Waals surface area contributed by atoms with Crippen LogP contribution in [-0.2, 0) is 18.3 Å². The molecule has 0 amide bonds. The summed E-state index contributed by atoms with van der Waals surface area (Å²) in [6.45, 7) is 3.95. The van der Waals surface area contributed by atoms with Gasteiger partial charge in [0.25, 0.3) is 0 Å². The average Bonchev–Trinajstić information content (AvgIpc) is 3.01. The predicted octanol–water partition coefficient (Wildman–Crippen LogP) is 0.755. The number of aliphatic carboxylic acids is 1. The van der Waals surface area contributed by atoms with Crippen molar-refractivity contribution in [2.45, 2.75) is 31.5 Å². The maximum Gasteiger partial charge on any atom is 0.313 e. The monoisotopic (exact) mass is 296 g/mol. The Hall–Kier alpha value is -1.90. The van der Waals surface area contributed by atoms with E-state index in [9.17, 15) is 4.79 Å². The first-order chi connectivity index (χ1) is 9.54. The van der Waals surface area contributed by atoms with Crippen LogP contribution >= 0.6 is 11.8 Å². The van der Waals surface area contributed by atoms with E-state index in [1.54, 1.807) is 6.33 Å². The highest BCUT2D eigenvalue weighted by atomic mass is 32.2. The quantitative estimate of drug-likeness (QED) is 0.785. The summed E-state index contributed by atoms with van der Waals surface area (Å²) < 4.78 is 3.74. The van der Waals surface area contributed by atoms with Crippen LogP contribution in [0.1, 0.15) is 31.5 Å². The first kappa shape index (κ1) is 14.5. The van der Waals surface area contributed by atoms with Crippen molar-refractivity contribution in [1.82, 2.24) is 29.5 Å². The van der Waals surface area contributed by atoms with E-state index in [2.05, 4.69) is 20.4 Å². The van der Waals surface area contributed by atoms with Crippen molar-refractivity contribution in [3.05, 3.63) is 18.0 Å². The Balaban J connectivity index is 2.35. The van der Waals surface area contributed by atoms with E-state index in [0.717, 1.165) is 23.4 Å². The first-order valence-electron chi connectivity index (χ1n) is 6.16. The molecule has 0 aliphatic carbocycles. The maximum atomic E-state index is 10.7. The molecule has 0 bridgehead atoms. The third kappa shape index (κ3) is 2.82. The van der Waals surface area contributed by atoms with Crippen LogP contribution in [0.4, 0.5) is 0 Å². The van der Waals surface area contributed by atoms with Gasteiger partial charge in [0.15, 0.2) is 11.0 Å². The molecule has 2 heterocycles. The molecule has 0 aliphatic heterocycles. The minimum atomic E-state index is -0.881. The molecule has 1 unspecified atom stereocenters. The standard InChI is InChI=1S/C11H16N6O2S/c1-4-8-13-15-11(20-5-9(18)19)17(8)7(2)10-14-12-6-16(10)3/h6-7H,4-5H2,1-3H3,(H,18,19). The smallest absolute Gasteiger partial charge is 0.313 e. The van der Waals surface area contributed by atoms with Crippen molar-refractivity contribution >= 4 is 17.7 Å². The van der Waals surface area contributed by atoms with Crippen LogP contribution < -0.4 is 0 Å². The molecule has 0 saturated heterocycles. The van der Waals surface area contributed by atoms with Crippen LogP contribution in [0, 0.1) is 0 Å². The largest absolute Gasteiger partial charge is 0.481 e. The van der Waals surface area contributed by atoms with Crippen LogP contribution in [0.5, 0.6) is 0 Å². The lowest BCUT2D eigenvalue weighted by Crippen LogP contribution is -2.16. The third-order valence-corrected chi connectivity index (χ3v) is 3.81. The topological polar surface area (TPSA) is 98.7 Å². The van der Waals surface area contributed by atoms with Gasteiger partial charge in [-0.2, -0.15) is 0 Å². The first-order valence-corrected chi connectivity index (χ1v) is 7.15. The SMILES string of the molecule is CCc1nnc(SCC(=O)O)n1C(C)c1nncn1C. The van der Waals surface area contributed by atoms with E-state index in [0.29, 0.717) is 11.6 Å². The van der Waals surface area contributed by atoms with Crippen LogP contribution in [0.2, 0.25) is 0 Å². The molecule has 0 spiro atoms. The van der Waals surface area contributed by atoms with E-state index < -0.39 is 5.97 Å². The highest BCUT2D eigenvalue weighted by Gasteiger charge is 2.21. The highest BCUT2D eigenvalue weighted by molar-refractivity contribution is 7.99. The van der Waals surface area contributed by atoms with Crippen molar-refractivity contribution < 1.29 is 9.90 Å². The minimum Gasteiger partial charge on any atom is -0.481 e. The second kappa shape index (κ2) is 6.04. The lowest BCUT2D eigenvalue weighted by Gasteiger charge is -2.16. The summed E-state index contributed by atoms with van der Waals surface area (Å²) in [4.78, 5) is 10.7. The van der Waals surface area contributed by atoms with Crippen LogP contribution in [0.3, 0.4) is 0 Å². The number of hydrogen-bond acceptors (Lipinski definition) is 6. The lowest BCUT2D eigenvalue weighted by molar-refractivity contribution is -0.133. The zero-order valence-corrected chi connectivity index (χ0v) is 12.3. The van der Waals surface area contributed by atoms with Crippen molar-refractivity contribution in [2.24, 2.45) is 7.05 Å². The van der Waals surface area contributed by atoms with Gasteiger partial charge in [-0.25, -0.2) is 0 Å². The molecule has 2 rings (SSSR count). The van der Waals surface area contributed by atoms with Gasteiger partial charge < -0.3 is 9.67 Å². The third-order valence-electron chi connectivity index (χ3n) is 2.88. The number of aromatic nitrogens is 6. The van der Waals surface area contributed by atoms with Crippen LogP contribution in [-0.4, -0.2) is 46.4 Å². The minimum absolute atomic E-state index is 0.0482. The molecule has 0 radical (unpaired) electrons. The van der Waals surface area contributed by atoms with E-state index in [4.69, 9.17) is 5.11 Å². The van der Waals surface area contributed by atoms with E-state index in [1.165, 1.54) is 0 Å². The van der Waals surface area contributed by atoms with Gasteiger partial charge >= 0.3 is 5.97 Å². The Labute approximate surface area is 120 Å². The second-order valence-corrected chi connectivity index (χ2v) is 5.22. The predicted molar refractivity (Wildman–Crippen MR) is 72.6 cm³/mol. The summed E-state index contributed by atoms with van der Waals surface area (Å²) in [6, 6.07) is -0.108. The number of nitrogens with zero attached hydrogens (tertiary/aromatic N) is 6. The average molecular weight is 296 g/mol. The molecule has 0 aromatic carbocycles. The van der Waals surface area contributed by atoms with Gasteiger partial charge in [-0.15, -0.1) is 20.4 Å². The Bertz CT molecular complexity index is 608. The van der Waals surface area contributed by atoms with E-state index in [-0.39, 0.29) is 11.8 Å². The molecule has 2 aromatic heterocycles. The molecular formula is C11H16N6O2S. The molecule has 0 saturated carbocycles. The zero-order chi connectivity index (χ0) is 14.7. The fourth-order valence-electron chi connectivity index (χ4n) is 1.95. The summed E-state index contributed by atoms with van der Waals surface area (Å²) >= 11 is 1.16. The summed E-state index contributed by atoms with van der Waals surface area (Å²) in [7, 11) is 1.87. The molecule has 9 heteroatoms. The van der Waals surface area contributed by atoms with Crippen molar-refractivity contribution in [1.29, 1.82) is 0 Å². The van der Waals surface area contributed by atoms with Gasteiger partial charge in [0.2, 0.25) is 0 Å². The van der Waals surface area contributed by atoms with Gasteiger partial charge in [0.1, 0.15) is 12.2 Å². The highest BCUT2D eigenvalue weighted by Crippen LogP contribution is 2.25. The Morgan fingerprint density at radius 1 is 1.45 bits per heavy atom. The van der Waals surface area contributed by atoms with Crippen LogP contribution in [0.25, 0.3) is 0 Å². The molecule has 108 valence electrons. The number of aryl methyl sites for hydroxylation is 2. The summed E-state index contributed by atoms with van der Waals surface area (Å²) in [6.07, 6.45) is 2.34. The maximum absolute atomic E-state index is 10.7. The Morgan fingerprint density at radius 3 is 2.75 bits per heavy atom. The number of carboxylic acids is 1. The van der Waals surface area contributed by atoms with Gasteiger partial charge in [0.05, 0.1) is 11.8 Å². The van der Waals surface area contributed by atoms with Crippen molar-refractivity contribution in [2.75, 3.05) is 5.75 Å².